The summed E-state index contributed by atoms with van der Waals surface area (Å²) in [6.07, 6.45) is 1.62. The van der Waals surface area contributed by atoms with Gasteiger partial charge in [0.05, 0.1) is 7.11 Å². The van der Waals surface area contributed by atoms with Crippen LogP contribution in [0.2, 0.25) is 0 Å². The molecule has 0 saturated carbocycles. The molecule has 2 N–H and O–H groups in total. The van der Waals surface area contributed by atoms with Crippen molar-refractivity contribution in [2.45, 2.75) is 26.7 Å². The second kappa shape index (κ2) is 5.69. The van der Waals surface area contributed by atoms with Gasteiger partial charge in [0.25, 0.3) is 0 Å². The molecule has 0 spiro atoms. The van der Waals surface area contributed by atoms with E-state index in [1.165, 1.54) is 11.1 Å². The van der Waals surface area contributed by atoms with Gasteiger partial charge in [0.2, 0.25) is 0 Å². The van der Waals surface area contributed by atoms with Crippen LogP contribution in [0, 0.1) is 6.92 Å². The quantitative estimate of drug-likeness (QED) is 0.914. The van der Waals surface area contributed by atoms with Crippen molar-refractivity contribution in [3.8, 4) is 5.75 Å². The Labute approximate surface area is 113 Å². The number of aromatic nitrogens is 2. The van der Waals surface area contributed by atoms with Crippen LogP contribution in [-0.2, 0) is 12.8 Å². The monoisotopic (exact) mass is 257 g/mol. The summed E-state index contributed by atoms with van der Waals surface area (Å²) in [5.41, 5.74) is 9.00. The van der Waals surface area contributed by atoms with Crippen LogP contribution < -0.4 is 10.5 Å². The number of nitrogen functional groups attached to an aromatic ring is 1. The van der Waals surface area contributed by atoms with Crippen LogP contribution in [0.25, 0.3) is 0 Å². The molecule has 2 rings (SSSR count). The number of hydrogen-bond donors (Lipinski definition) is 1. The van der Waals surface area contributed by atoms with Gasteiger partial charge in [-0.25, -0.2) is 9.97 Å². The lowest BCUT2D eigenvalue weighted by molar-refractivity contribution is 0.410. The highest BCUT2D eigenvalue weighted by Crippen LogP contribution is 2.21. The summed E-state index contributed by atoms with van der Waals surface area (Å²) in [7, 11) is 1.69. The third-order valence-corrected chi connectivity index (χ3v) is 3.01. The number of aryl methyl sites for hydroxylation is 2. The topological polar surface area (TPSA) is 61.0 Å². The summed E-state index contributed by atoms with van der Waals surface area (Å²) in [5, 5.41) is 0. The van der Waals surface area contributed by atoms with Gasteiger partial charge in [0, 0.05) is 18.2 Å². The number of rotatable bonds is 4. The molecule has 0 aliphatic carbocycles. The van der Waals surface area contributed by atoms with E-state index in [1.54, 1.807) is 13.2 Å². The Hall–Kier alpha value is -2.10. The van der Waals surface area contributed by atoms with E-state index < -0.39 is 0 Å². The highest BCUT2D eigenvalue weighted by atomic mass is 16.5. The van der Waals surface area contributed by atoms with E-state index in [1.807, 2.05) is 19.1 Å². The molecule has 100 valence electrons. The Morgan fingerprint density at radius 3 is 2.63 bits per heavy atom. The Balaban J connectivity index is 2.28. The highest BCUT2D eigenvalue weighted by Gasteiger charge is 2.06. The Bertz CT molecular complexity index is 561. The first-order valence-electron chi connectivity index (χ1n) is 6.38. The second-order valence-electron chi connectivity index (χ2n) is 4.53. The van der Waals surface area contributed by atoms with Crippen LogP contribution in [0.5, 0.6) is 5.75 Å². The van der Waals surface area contributed by atoms with E-state index in [4.69, 9.17) is 10.5 Å². The molecule has 0 atom stereocenters. The van der Waals surface area contributed by atoms with Crippen molar-refractivity contribution in [2.75, 3.05) is 12.8 Å². The number of benzene rings is 1. The van der Waals surface area contributed by atoms with Crippen molar-refractivity contribution in [2.24, 2.45) is 0 Å². The Morgan fingerprint density at radius 1 is 1.21 bits per heavy atom. The Morgan fingerprint density at radius 2 is 2.00 bits per heavy atom. The van der Waals surface area contributed by atoms with Crippen LogP contribution in [0.15, 0.2) is 24.3 Å². The van der Waals surface area contributed by atoms with Crippen LogP contribution in [-0.4, -0.2) is 17.1 Å². The zero-order valence-corrected chi connectivity index (χ0v) is 11.6. The maximum atomic E-state index is 5.74. The number of methoxy groups -OCH3 is 1. The first kappa shape index (κ1) is 13.3. The summed E-state index contributed by atoms with van der Waals surface area (Å²) in [4.78, 5) is 8.67. The van der Waals surface area contributed by atoms with Crippen molar-refractivity contribution in [3.05, 3.63) is 46.9 Å². The van der Waals surface area contributed by atoms with E-state index in [2.05, 4.69) is 23.0 Å². The molecule has 0 fully saturated rings. The first-order valence-corrected chi connectivity index (χ1v) is 6.38. The van der Waals surface area contributed by atoms with Gasteiger partial charge in [-0.15, -0.1) is 0 Å². The maximum absolute atomic E-state index is 5.74. The molecule has 0 bridgehead atoms. The standard InChI is InChI=1S/C15H19N3O/c1-4-12-8-11(5-6-13(12)19-3)9-15-17-10(2)7-14(16)18-15/h5-8H,4,9H2,1-3H3,(H2,16,17,18). The number of nitrogens with two attached hydrogens (primary N) is 1. The molecular weight excluding hydrogens is 238 g/mol. The first-order chi connectivity index (χ1) is 9.12. The fraction of sp³-hybridized carbons (Fsp3) is 0.333. The molecule has 1 aromatic carbocycles. The zero-order chi connectivity index (χ0) is 13.8. The van der Waals surface area contributed by atoms with Crippen molar-refractivity contribution in [1.82, 2.24) is 9.97 Å². The third-order valence-electron chi connectivity index (χ3n) is 3.01. The highest BCUT2D eigenvalue weighted by molar-refractivity contribution is 5.38. The van der Waals surface area contributed by atoms with Crippen molar-refractivity contribution in [3.63, 3.8) is 0 Å². The molecule has 19 heavy (non-hydrogen) atoms. The molecule has 1 aromatic heterocycles. The Kier molecular flexibility index (Phi) is 4.00. The van der Waals surface area contributed by atoms with Crippen LogP contribution in [0.1, 0.15) is 29.6 Å². The summed E-state index contributed by atoms with van der Waals surface area (Å²) in [6, 6.07) is 7.95. The summed E-state index contributed by atoms with van der Waals surface area (Å²) in [5.74, 6) is 2.20. The predicted molar refractivity (Wildman–Crippen MR) is 76.4 cm³/mol. The number of hydrogen-bond acceptors (Lipinski definition) is 4. The average Bonchev–Trinajstić information content (AvgIpc) is 2.37. The minimum absolute atomic E-state index is 0.520. The van der Waals surface area contributed by atoms with E-state index >= 15 is 0 Å². The molecule has 0 aliphatic rings. The van der Waals surface area contributed by atoms with Gasteiger partial charge in [-0.3, -0.25) is 0 Å². The van der Waals surface area contributed by atoms with E-state index in [-0.39, 0.29) is 0 Å². The molecule has 4 heteroatoms. The predicted octanol–water partition coefficient (Wildman–Crippen LogP) is 2.53. The lowest BCUT2D eigenvalue weighted by Crippen LogP contribution is -2.02. The van der Waals surface area contributed by atoms with E-state index in [0.717, 1.165) is 23.7 Å². The van der Waals surface area contributed by atoms with Gasteiger partial charge in [-0.05, 0) is 30.5 Å². The molecule has 0 amide bonds. The molecule has 0 saturated heterocycles. The van der Waals surface area contributed by atoms with Gasteiger partial charge < -0.3 is 10.5 Å². The SMILES string of the molecule is CCc1cc(Cc2nc(C)cc(N)n2)ccc1OC. The smallest absolute Gasteiger partial charge is 0.135 e. The molecule has 0 aliphatic heterocycles. The van der Waals surface area contributed by atoms with Gasteiger partial charge in [-0.1, -0.05) is 19.1 Å². The number of ether oxygens (including phenoxy) is 1. The fourth-order valence-electron chi connectivity index (χ4n) is 2.14. The van der Waals surface area contributed by atoms with Crippen molar-refractivity contribution >= 4 is 5.82 Å². The van der Waals surface area contributed by atoms with Crippen LogP contribution >= 0.6 is 0 Å². The minimum atomic E-state index is 0.520. The van der Waals surface area contributed by atoms with E-state index in [0.29, 0.717) is 12.2 Å². The van der Waals surface area contributed by atoms with Crippen molar-refractivity contribution in [1.29, 1.82) is 0 Å². The molecule has 0 unspecified atom stereocenters. The van der Waals surface area contributed by atoms with E-state index in [9.17, 15) is 0 Å². The van der Waals surface area contributed by atoms with Gasteiger partial charge in [-0.2, -0.15) is 0 Å². The maximum Gasteiger partial charge on any atom is 0.135 e. The molecule has 1 heterocycles. The van der Waals surface area contributed by atoms with Crippen molar-refractivity contribution < 1.29 is 4.74 Å². The average molecular weight is 257 g/mol. The largest absolute Gasteiger partial charge is 0.496 e. The minimum Gasteiger partial charge on any atom is -0.496 e. The summed E-state index contributed by atoms with van der Waals surface area (Å²) in [6.45, 7) is 4.04. The van der Waals surface area contributed by atoms with Gasteiger partial charge in [0.15, 0.2) is 0 Å². The van der Waals surface area contributed by atoms with Crippen LogP contribution in [0.3, 0.4) is 0 Å². The fourth-order valence-corrected chi connectivity index (χ4v) is 2.14. The van der Waals surface area contributed by atoms with Gasteiger partial charge >= 0.3 is 0 Å². The molecule has 4 nitrogen and oxygen atoms in total. The second-order valence-corrected chi connectivity index (χ2v) is 4.53. The lowest BCUT2D eigenvalue weighted by atomic mass is 10.0. The zero-order valence-electron chi connectivity index (χ0n) is 11.6. The molecule has 2 aromatic rings. The summed E-state index contributed by atoms with van der Waals surface area (Å²) >= 11 is 0. The molecule has 0 radical (unpaired) electrons. The third kappa shape index (κ3) is 3.22. The van der Waals surface area contributed by atoms with Gasteiger partial charge in [0.1, 0.15) is 17.4 Å². The number of anilines is 1. The lowest BCUT2D eigenvalue weighted by Gasteiger charge is -2.09. The normalized spacial score (nSPS) is 10.5. The number of nitrogens with zero attached hydrogens (tertiary/aromatic N) is 2. The summed E-state index contributed by atoms with van der Waals surface area (Å²) < 4.78 is 5.33. The van der Waals surface area contributed by atoms with Crippen LogP contribution in [0.4, 0.5) is 5.82 Å². The molecular formula is C15H19N3O.